The van der Waals surface area contributed by atoms with Crippen molar-refractivity contribution in [2.24, 2.45) is 21.7 Å². The average Bonchev–Trinajstić information content (AvgIpc) is 2.62. The summed E-state index contributed by atoms with van der Waals surface area (Å²) in [5.41, 5.74) is 1.23. The number of amides is 1. The molecular formula is C16H26N2O2S. The molecule has 0 atom stereocenters. The smallest absolute Gasteiger partial charge is 0.252 e. The van der Waals surface area contributed by atoms with Crippen LogP contribution in [0, 0.1) is 30.6 Å². The molecule has 0 saturated heterocycles. The highest BCUT2D eigenvalue weighted by molar-refractivity contribution is 7.09. The van der Waals surface area contributed by atoms with E-state index in [0.717, 1.165) is 17.0 Å². The first kappa shape index (κ1) is 16.4. The number of ether oxygens (including phenoxy) is 1. The van der Waals surface area contributed by atoms with Gasteiger partial charge in [-0.2, -0.15) is 4.99 Å². The van der Waals surface area contributed by atoms with E-state index in [0.29, 0.717) is 6.61 Å². The Hall–Kier alpha value is -0.940. The number of carbonyl (C=O) groups excluding carboxylic acids is 1. The van der Waals surface area contributed by atoms with Gasteiger partial charge in [-0.1, -0.05) is 27.7 Å². The van der Waals surface area contributed by atoms with Crippen LogP contribution in [-0.4, -0.2) is 24.2 Å². The minimum Gasteiger partial charge on any atom is -0.383 e. The summed E-state index contributed by atoms with van der Waals surface area (Å²) < 4.78 is 7.24. The van der Waals surface area contributed by atoms with Gasteiger partial charge in [-0.3, -0.25) is 4.79 Å². The van der Waals surface area contributed by atoms with Crippen molar-refractivity contribution < 1.29 is 9.53 Å². The number of rotatable bonds is 4. The van der Waals surface area contributed by atoms with E-state index in [1.165, 1.54) is 4.88 Å². The van der Waals surface area contributed by atoms with Crippen LogP contribution in [-0.2, 0) is 16.1 Å². The SMILES string of the molecule is Cc1sc(=NC(=O)C2C(C)(C)C2(C)C)n(CCO[11CH3])c1C. The molecule has 1 aliphatic carbocycles. The Balaban J connectivity index is 2.34. The molecule has 1 aromatic heterocycles. The van der Waals surface area contributed by atoms with Gasteiger partial charge in [0, 0.05) is 24.2 Å². The van der Waals surface area contributed by atoms with Crippen LogP contribution in [0.1, 0.15) is 38.3 Å². The first-order valence-electron chi connectivity index (χ1n) is 7.39. The lowest BCUT2D eigenvalue weighted by Gasteiger charge is -2.05. The minimum atomic E-state index is 0.0115. The van der Waals surface area contributed by atoms with Gasteiger partial charge in [0.2, 0.25) is 0 Å². The lowest BCUT2D eigenvalue weighted by molar-refractivity contribution is -0.120. The van der Waals surface area contributed by atoms with Gasteiger partial charge in [0.25, 0.3) is 5.91 Å². The van der Waals surface area contributed by atoms with Gasteiger partial charge in [0.15, 0.2) is 4.80 Å². The number of aryl methyl sites for hydroxylation is 1. The van der Waals surface area contributed by atoms with Crippen LogP contribution in [0.25, 0.3) is 0 Å². The molecule has 2 rings (SSSR count). The zero-order valence-electron chi connectivity index (χ0n) is 14.1. The molecule has 1 amide bonds. The van der Waals surface area contributed by atoms with E-state index >= 15 is 0 Å². The average molecular weight is 309 g/mol. The molecular weight excluding hydrogens is 283 g/mol. The lowest BCUT2D eigenvalue weighted by atomic mass is 10.0. The quantitative estimate of drug-likeness (QED) is 0.858. The van der Waals surface area contributed by atoms with E-state index in [2.05, 4.69) is 51.1 Å². The van der Waals surface area contributed by atoms with Gasteiger partial charge in [-0.05, 0) is 24.7 Å². The molecule has 0 aromatic carbocycles. The summed E-state index contributed by atoms with van der Waals surface area (Å²) >= 11 is 1.59. The fraction of sp³-hybridized carbons (Fsp3) is 0.750. The van der Waals surface area contributed by atoms with Gasteiger partial charge in [0.1, 0.15) is 0 Å². The number of hydrogen-bond acceptors (Lipinski definition) is 3. The monoisotopic (exact) mass is 309 g/mol. The van der Waals surface area contributed by atoms with E-state index in [1.54, 1.807) is 18.4 Å². The summed E-state index contributed by atoms with van der Waals surface area (Å²) in [5, 5.41) is 0. The van der Waals surface area contributed by atoms with E-state index in [-0.39, 0.29) is 22.7 Å². The topological polar surface area (TPSA) is 43.6 Å². The number of hydrogen-bond donors (Lipinski definition) is 0. The van der Waals surface area contributed by atoms with Crippen molar-refractivity contribution in [1.82, 2.24) is 4.57 Å². The van der Waals surface area contributed by atoms with Crippen molar-refractivity contribution in [1.29, 1.82) is 0 Å². The largest absolute Gasteiger partial charge is 0.383 e. The highest BCUT2D eigenvalue weighted by atomic mass is 32.1. The molecule has 1 fully saturated rings. The minimum absolute atomic E-state index is 0.0115. The van der Waals surface area contributed by atoms with Crippen LogP contribution in [0.4, 0.5) is 0 Å². The predicted molar refractivity (Wildman–Crippen MR) is 85.3 cm³/mol. The summed E-state index contributed by atoms with van der Waals surface area (Å²) in [5.74, 6) is 0.0287. The predicted octanol–water partition coefficient (Wildman–Crippen LogP) is 2.92. The Morgan fingerprint density at radius 1 is 1.29 bits per heavy atom. The van der Waals surface area contributed by atoms with Crippen molar-refractivity contribution in [2.45, 2.75) is 48.1 Å². The normalized spacial score (nSPS) is 20.8. The van der Waals surface area contributed by atoms with Crippen molar-refractivity contribution in [2.75, 3.05) is 13.7 Å². The van der Waals surface area contributed by atoms with Crippen LogP contribution >= 0.6 is 11.3 Å². The summed E-state index contributed by atoms with van der Waals surface area (Å²) in [7, 11) is 1.69. The maximum Gasteiger partial charge on any atom is 0.252 e. The van der Waals surface area contributed by atoms with E-state index < -0.39 is 0 Å². The Labute approximate surface area is 130 Å². The second kappa shape index (κ2) is 5.36. The first-order valence-corrected chi connectivity index (χ1v) is 8.20. The van der Waals surface area contributed by atoms with E-state index in [4.69, 9.17) is 4.74 Å². The fourth-order valence-electron chi connectivity index (χ4n) is 3.10. The fourth-order valence-corrected chi connectivity index (χ4v) is 4.11. The van der Waals surface area contributed by atoms with Crippen molar-refractivity contribution in [3.63, 3.8) is 0 Å². The van der Waals surface area contributed by atoms with Crippen LogP contribution in [0.15, 0.2) is 4.99 Å². The lowest BCUT2D eigenvalue weighted by Crippen LogP contribution is -2.21. The molecule has 0 unspecified atom stereocenters. The maximum atomic E-state index is 12.5. The third kappa shape index (κ3) is 2.61. The summed E-state index contributed by atoms with van der Waals surface area (Å²) in [6, 6.07) is 0. The maximum absolute atomic E-state index is 12.5. The Bertz CT molecular complexity index is 609. The molecule has 1 aliphatic rings. The van der Waals surface area contributed by atoms with Crippen LogP contribution in [0.5, 0.6) is 0 Å². The number of thiazole rings is 1. The molecule has 0 aliphatic heterocycles. The van der Waals surface area contributed by atoms with Crippen LogP contribution in [0.3, 0.4) is 0 Å². The van der Waals surface area contributed by atoms with Crippen molar-refractivity contribution in [3.8, 4) is 0 Å². The highest BCUT2D eigenvalue weighted by Gasteiger charge is 2.68. The highest BCUT2D eigenvalue weighted by Crippen LogP contribution is 2.68. The molecule has 1 heterocycles. The van der Waals surface area contributed by atoms with Gasteiger partial charge in [-0.15, -0.1) is 11.3 Å². The number of carbonyl (C=O) groups is 1. The molecule has 0 radical (unpaired) electrons. The molecule has 1 aromatic rings. The van der Waals surface area contributed by atoms with E-state index in [9.17, 15) is 4.79 Å². The van der Waals surface area contributed by atoms with Gasteiger partial charge >= 0.3 is 0 Å². The Kier molecular flexibility index (Phi) is 4.19. The molecule has 0 spiro atoms. The third-order valence-corrected chi connectivity index (χ3v) is 6.48. The standard InChI is InChI=1S/C16H26N2O2S/c1-10-11(2)21-14(18(10)8-9-20-7)17-13(19)12-15(3,4)16(12,5)6/h12H,8-9H2,1-7H3/i7-1. The molecule has 0 N–H and O–H groups in total. The van der Waals surface area contributed by atoms with Crippen molar-refractivity contribution >= 4 is 17.2 Å². The second-order valence-corrected chi connectivity index (χ2v) is 8.18. The number of methoxy groups -OCH3 is 1. The van der Waals surface area contributed by atoms with Gasteiger partial charge in [0.05, 0.1) is 12.5 Å². The molecule has 1 saturated carbocycles. The van der Waals surface area contributed by atoms with Gasteiger partial charge < -0.3 is 9.30 Å². The Morgan fingerprint density at radius 3 is 2.33 bits per heavy atom. The van der Waals surface area contributed by atoms with Crippen molar-refractivity contribution in [3.05, 3.63) is 15.4 Å². The molecule has 4 nitrogen and oxygen atoms in total. The molecule has 21 heavy (non-hydrogen) atoms. The Morgan fingerprint density at radius 2 is 1.86 bits per heavy atom. The summed E-state index contributed by atoms with van der Waals surface area (Å²) in [6.45, 7) is 14.1. The van der Waals surface area contributed by atoms with Gasteiger partial charge in [-0.25, -0.2) is 0 Å². The third-order valence-electron chi connectivity index (χ3n) is 5.38. The second-order valence-electron chi connectivity index (χ2n) is 7.00. The summed E-state index contributed by atoms with van der Waals surface area (Å²) in [6.07, 6.45) is 0. The van der Waals surface area contributed by atoms with Crippen LogP contribution in [0.2, 0.25) is 0 Å². The van der Waals surface area contributed by atoms with E-state index in [1.807, 2.05) is 0 Å². The summed E-state index contributed by atoms with van der Waals surface area (Å²) in [4.78, 5) is 19.0. The number of nitrogens with zero attached hydrogens (tertiary/aromatic N) is 2. The molecule has 0 bridgehead atoms. The van der Waals surface area contributed by atoms with Crippen LogP contribution < -0.4 is 4.80 Å². The number of aromatic nitrogens is 1. The first-order chi connectivity index (χ1) is 9.64. The molecule has 5 heteroatoms. The molecule has 118 valence electrons. The zero-order chi connectivity index (χ0) is 16.0. The zero-order valence-corrected chi connectivity index (χ0v) is 14.9.